The third-order valence-electron chi connectivity index (χ3n) is 3.90. The summed E-state index contributed by atoms with van der Waals surface area (Å²) in [7, 11) is 0. The number of hydrogen-bond donors (Lipinski definition) is 1. The number of alkyl halides is 1. The van der Waals surface area contributed by atoms with Crippen LogP contribution in [0.2, 0.25) is 0 Å². The highest BCUT2D eigenvalue weighted by molar-refractivity contribution is 6.22. The van der Waals surface area contributed by atoms with Crippen LogP contribution >= 0.6 is 0 Å². The predicted octanol–water partition coefficient (Wildman–Crippen LogP) is 2.84. The number of rotatable bonds is 6. The summed E-state index contributed by atoms with van der Waals surface area (Å²) in [5.74, 6) is 0.419. The van der Waals surface area contributed by atoms with E-state index in [1.54, 1.807) is 12.3 Å². The summed E-state index contributed by atoms with van der Waals surface area (Å²) in [6.45, 7) is 5.17. The number of carbonyl (C=O) groups excluding carboxylic acids is 2. The van der Waals surface area contributed by atoms with Gasteiger partial charge in [0.15, 0.2) is 0 Å². The van der Waals surface area contributed by atoms with Gasteiger partial charge in [-0.05, 0) is 37.3 Å². The Kier molecular flexibility index (Phi) is 4.78. The monoisotopic (exact) mass is 307 g/mol. The van der Waals surface area contributed by atoms with E-state index in [-0.39, 0.29) is 12.2 Å². The van der Waals surface area contributed by atoms with E-state index in [0.717, 1.165) is 23.3 Å². The SMILES string of the molecule is CC(C)CCc1ccc(N2C(=O)NC(C)(CCF)C2=O)nc1. The van der Waals surface area contributed by atoms with Crippen LogP contribution in [0.25, 0.3) is 0 Å². The van der Waals surface area contributed by atoms with Gasteiger partial charge in [0, 0.05) is 12.6 Å². The minimum Gasteiger partial charge on any atom is -0.323 e. The molecule has 1 fully saturated rings. The zero-order valence-corrected chi connectivity index (χ0v) is 13.2. The second kappa shape index (κ2) is 6.42. The third kappa shape index (κ3) is 3.26. The predicted molar refractivity (Wildman–Crippen MR) is 82.4 cm³/mol. The fourth-order valence-electron chi connectivity index (χ4n) is 2.40. The summed E-state index contributed by atoms with van der Waals surface area (Å²) in [6, 6.07) is 2.98. The minimum absolute atomic E-state index is 0.0411. The molecule has 1 atom stereocenters. The van der Waals surface area contributed by atoms with Crippen molar-refractivity contribution in [3.05, 3.63) is 23.9 Å². The fraction of sp³-hybridized carbons (Fsp3) is 0.562. The van der Waals surface area contributed by atoms with E-state index in [1.807, 2.05) is 6.07 Å². The molecule has 0 aliphatic carbocycles. The number of aromatic nitrogens is 1. The summed E-state index contributed by atoms with van der Waals surface area (Å²) >= 11 is 0. The Labute approximate surface area is 129 Å². The molecule has 1 aromatic rings. The van der Waals surface area contributed by atoms with Crippen molar-refractivity contribution in [2.24, 2.45) is 5.92 Å². The Hall–Kier alpha value is -1.98. The zero-order chi connectivity index (χ0) is 16.3. The van der Waals surface area contributed by atoms with Gasteiger partial charge in [0.05, 0.1) is 6.67 Å². The zero-order valence-electron chi connectivity index (χ0n) is 13.2. The van der Waals surface area contributed by atoms with Gasteiger partial charge in [0.25, 0.3) is 5.91 Å². The molecule has 1 saturated heterocycles. The van der Waals surface area contributed by atoms with Gasteiger partial charge in [0.2, 0.25) is 0 Å². The van der Waals surface area contributed by atoms with Gasteiger partial charge in [-0.1, -0.05) is 19.9 Å². The van der Waals surface area contributed by atoms with Crippen molar-refractivity contribution in [3.63, 3.8) is 0 Å². The molecular formula is C16H22FN3O2. The second-order valence-corrected chi connectivity index (χ2v) is 6.30. The van der Waals surface area contributed by atoms with Crippen LogP contribution in [0.3, 0.4) is 0 Å². The number of hydrogen-bond acceptors (Lipinski definition) is 3. The molecule has 0 spiro atoms. The summed E-state index contributed by atoms with van der Waals surface area (Å²) in [6.07, 6.45) is 3.60. The Balaban J connectivity index is 2.14. The molecule has 22 heavy (non-hydrogen) atoms. The van der Waals surface area contributed by atoms with Gasteiger partial charge in [-0.25, -0.2) is 14.7 Å². The van der Waals surface area contributed by atoms with E-state index in [1.165, 1.54) is 6.92 Å². The molecule has 5 nitrogen and oxygen atoms in total. The van der Waals surface area contributed by atoms with Crippen molar-refractivity contribution in [1.82, 2.24) is 10.3 Å². The molecule has 0 bridgehead atoms. The Morgan fingerprint density at radius 2 is 2.09 bits per heavy atom. The maximum absolute atomic E-state index is 12.6. The number of anilines is 1. The van der Waals surface area contributed by atoms with Crippen LogP contribution < -0.4 is 10.2 Å². The summed E-state index contributed by atoms with van der Waals surface area (Å²) < 4.78 is 12.6. The number of aryl methyl sites for hydroxylation is 1. The van der Waals surface area contributed by atoms with Crippen LogP contribution in [0.1, 0.15) is 39.2 Å². The lowest BCUT2D eigenvalue weighted by Gasteiger charge is -2.19. The lowest BCUT2D eigenvalue weighted by molar-refractivity contribution is -0.121. The van der Waals surface area contributed by atoms with Crippen molar-refractivity contribution in [3.8, 4) is 0 Å². The molecule has 2 rings (SSSR count). The van der Waals surface area contributed by atoms with E-state index < -0.39 is 24.2 Å². The van der Waals surface area contributed by atoms with Crippen molar-refractivity contribution in [2.75, 3.05) is 11.6 Å². The number of halogens is 1. The fourth-order valence-corrected chi connectivity index (χ4v) is 2.40. The molecule has 1 aliphatic rings. The lowest BCUT2D eigenvalue weighted by atomic mass is 9.99. The number of nitrogens with zero attached hydrogens (tertiary/aromatic N) is 2. The molecular weight excluding hydrogens is 285 g/mol. The molecule has 6 heteroatoms. The minimum atomic E-state index is -1.19. The number of imide groups is 1. The van der Waals surface area contributed by atoms with Gasteiger partial charge in [-0.3, -0.25) is 9.18 Å². The van der Waals surface area contributed by atoms with Crippen molar-refractivity contribution >= 4 is 17.8 Å². The normalized spacial score (nSPS) is 21.6. The highest BCUT2D eigenvalue weighted by atomic mass is 19.1. The van der Waals surface area contributed by atoms with Crippen LogP contribution in [0.4, 0.5) is 15.0 Å². The van der Waals surface area contributed by atoms with E-state index in [2.05, 4.69) is 24.1 Å². The highest BCUT2D eigenvalue weighted by Crippen LogP contribution is 2.26. The number of amides is 3. The van der Waals surface area contributed by atoms with Crippen LogP contribution in [-0.2, 0) is 11.2 Å². The summed E-state index contributed by atoms with van der Waals surface area (Å²) in [4.78, 5) is 29.6. The average molecular weight is 307 g/mol. The number of carbonyl (C=O) groups is 2. The van der Waals surface area contributed by atoms with Crippen molar-refractivity contribution in [1.29, 1.82) is 0 Å². The van der Waals surface area contributed by atoms with E-state index in [9.17, 15) is 14.0 Å². The second-order valence-electron chi connectivity index (χ2n) is 6.30. The van der Waals surface area contributed by atoms with E-state index >= 15 is 0 Å². The van der Waals surface area contributed by atoms with Gasteiger partial charge >= 0.3 is 6.03 Å². The first-order valence-electron chi connectivity index (χ1n) is 7.55. The maximum Gasteiger partial charge on any atom is 0.330 e. The highest BCUT2D eigenvalue weighted by Gasteiger charge is 2.48. The molecule has 2 heterocycles. The largest absolute Gasteiger partial charge is 0.330 e. The maximum atomic E-state index is 12.6. The molecule has 1 aliphatic heterocycles. The van der Waals surface area contributed by atoms with Crippen LogP contribution in [0.15, 0.2) is 18.3 Å². The van der Waals surface area contributed by atoms with Crippen LogP contribution in [0.5, 0.6) is 0 Å². The Morgan fingerprint density at radius 3 is 2.64 bits per heavy atom. The standard InChI is InChI=1S/C16H22FN3O2/c1-11(2)4-5-12-6-7-13(18-10-12)20-14(21)16(3,8-9-17)19-15(20)22/h6-7,10-11H,4-5,8-9H2,1-3H3,(H,19,22). The quantitative estimate of drug-likeness (QED) is 0.822. The van der Waals surface area contributed by atoms with E-state index in [0.29, 0.717) is 5.92 Å². The first kappa shape index (κ1) is 16.4. The third-order valence-corrected chi connectivity index (χ3v) is 3.90. The van der Waals surface area contributed by atoms with Gasteiger partial charge < -0.3 is 5.32 Å². The topological polar surface area (TPSA) is 62.3 Å². The molecule has 1 aromatic heterocycles. The first-order valence-corrected chi connectivity index (χ1v) is 7.55. The Morgan fingerprint density at radius 1 is 1.36 bits per heavy atom. The van der Waals surface area contributed by atoms with Gasteiger partial charge in [0.1, 0.15) is 11.4 Å². The number of pyridine rings is 1. The molecule has 3 amide bonds. The average Bonchev–Trinajstić information content (AvgIpc) is 2.68. The lowest BCUT2D eigenvalue weighted by Crippen LogP contribution is -2.44. The van der Waals surface area contributed by atoms with Crippen molar-refractivity contribution < 1.29 is 14.0 Å². The summed E-state index contributed by atoms with van der Waals surface area (Å²) in [5, 5.41) is 2.54. The van der Waals surface area contributed by atoms with Crippen LogP contribution in [-0.4, -0.2) is 29.1 Å². The number of nitrogens with one attached hydrogen (secondary N) is 1. The molecule has 0 aromatic carbocycles. The van der Waals surface area contributed by atoms with Gasteiger partial charge in [-0.15, -0.1) is 0 Å². The smallest absolute Gasteiger partial charge is 0.323 e. The molecule has 120 valence electrons. The Bertz CT molecular complexity index is 559. The molecule has 1 N–H and O–H groups in total. The van der Waals surface area contributed by atoms with Gasteiger partial charge in [-0.2, -0.15) is 0 Å². The van der Waals surface area contributed by atoms with Crippen LogP contribution in [0, 0.1) is 5.92 Å². The van der Waals surface area contributed by atoms with Crippen molar-refractivity contribution in [2.45, 2.75) is 45.6 Å². The summed E-state index contributed by atoms with van der Waals surface area (Å²) in [5.41, 5.74) is -0.125. The molecule has 1 unspecified atom stereocenters. The van der Waals surface area contributed by atoms with E-state index in [4.69, 9.17) is 0 Å². The first-order chi connectivity index (χ1) is 10.4. The molecule has 0 saturated carbocycles. The number of urea groups is 1. The molecule has 0 radical (unpaired) electrons.